The van der Waals surface area contributed by atoms with E-state index in [4.69, 9.17) is 0 Å². The van der Waals surface area contributed by atoms with Crippen LogP contribution < -0.4 is 9.62 Å². The third kappa shape index (κ3) is 8.41. The molecule has 2 amide bonds. The number of carbonyl (C=O) groups excluding carboxylic acids is 2. The molecule has 4 aromatic rings. The number of aryl methyl sites for hydroxylation is 1. The average Bonchev–Trinajstić information content (AvgIpc) is 3.56. The largest absolute Gasteiger partial charge is 0.352 e. The smallest absolute Gasteiger partial charge is 0.264 e. The fourth-order valence-electron chi connectivity index (χ4n) is 5.68. The summed E-state index contributed by atoms with van der Waals surface area (Å²) in [5.74, 6) is -1.29. The van der Waals surface area contributed by atoms with Gasteiger partial charge in [-0.2, -0.15) is 0 Å². The van der Waals surface area contributed by atoms with Gasteiger partial charge in [0.15, 0.2) is 0 Å². The molecule has 0 spiro atoms. The second-order valence-corrected chi connectivity index (χ2v) is 14.4. The van der Waals surface area contributed by atoms with E-state index in [2.05, 4.69) is 21.2 Å². The van der Waals surface area contributed by atoms with Crippen molar-refractivity contribution in [3.63, 3.8) is 0 Å². The third-order valence-electron chi connectivity index (χ3n) is 8.24. The monoisotopic (exact) mass is 705 g/mol. The van der Waals surface area contributed by atoms with Crippen LogP contribution in [-0.2, 0) is 32.6 Å². The van der Waals surface area contributed by atoms with Crippen molar-refractivity contribution in [3.8, 4) is 0 Å². The molecule has 4 aromatic carbocycles. The molecule has 46 heavy (non-hydrogen) atoms. The molecule has 1 fully saturated rings. The molecule has 240 valence electrons. The molecule has 0 heterocycles. The highest BCUT2D eigenvalue weighted by Crippen LogP contribution is 2.27. The molecule has 1 aliphatic rings. The highest BCUT2D eigenvalue weighted by molar-refractivity contribution is 9.10. The van der Waals surface area contributed by atoms with E-state index in [9.17, 15) is 22.4 Å². The van der Waals surface area contributed by atoms with Gasteiger partial charge in [0.2, 0.25) is 11.8 Å². The molecular formula is C36H37BrFN3O4S. The SMILES string of the molecule is Cc1ccc(S(=O)(=O)N(CC(=O)N(Cc2ccc(F)cc2)[C@H](Cc2ccccc2)C(=O)NC2CCCC2)c2ccc(Br)cc2)cc1. The molecule has 10 heteroatoms. The lowest BCUT2D eigenvalue weighted by Crippen LogP contribution is -2.54. The Morgan fingerprint density at radius 2 is 1.50 bits per heavy atom. The Labute approximate surface area is 278 Å². The van der Waals surface area contributed by atoms with Crippen molar-refractivity contribution in [2.75, 3.05) is 10.8 Å². The Balaban J connectivity index is 1.55. The zero-order chi connectivity index (χ0) is 32.7. The number of amides is 2. The summed E-state index contributed by atoms with van der Waals surface area (Å²) in [7, 11) is -4.19. The van der Waals surface area contributed by atoms with E-state index in [1.807, 2.05) is 37.3 Å². The lowest BCUT2D eigenvalue weighted by atomic mass is 10.0. The van der Waals surface area contributed by atoms with Crippen LogP contribution in [0.2, 0.25) is 0 Å². The van der Waals surface area contributed by atoms with Crippen LogP contribution in [-0.4, -0.2) is 43.8 Å². The van der Waals surface area contributed by atoms with Crippen LogP contribution in [0.15, 0.2) is 112 Å². The van der Waals surface area contributed by atoms with Gasteiger partial charge in [0.25, 0.3) is 10.0 Å². The van der Waals surface area contributed by atoms with Gasteiger partial charge in [-0.15, -0.1) is 0 Å². The maximum absolute atomic E-state index is 14.5. The van der Waals surface area contributed by atoms with Gasteiger partial charge >= 0.3 is 0 Å². The molecule has 5 rings (SSSR count). The van der Waals surface area contributed by atoms with Crippen molar-refractivity contribution in [1.29, 1.82) is 0 Å². The van der Waals surface area contributed by atoms with Crippen molar-refractivity contribution < 1.29 is 22.4 Å². The lowest BCUT2D eigenvalue weighted by molar-refractivity contribution is -0.140. The molecule has 0 saturated heterocycles. The molecule has 7 nitrogen and oxygen atoms in total. The fraction of sp³-hybridized carbons (Fsp3) is 0.278. The number of hydrogen-bond acceptors (Lipinski definition) is 4. The molecule has 1 atom stereocenters. The summed E-state index contributed by atoms with van der Waals surface area (Å²) in [5, 5.41) is 3.15. The van der Waals surface area contributed by atoms with Gasteiger partial charge in [0, 0.05) is 23.5 Å². The number of halogens is 2. The Bertz CT molecular complexity index is 1730. The van der Waals surface area contributed by atoms with E-state index in [1.54, 1.807) is 48.5 Å². The maximum atomic E-state index is 14.5. The maximum Gasteiger partial charge on any atom is 0.264 e. The number of nitrogens with one attached hydrogen (secondary N) is 1. The summed E-state index contributed by atoms with van der Waals surface area (Å²) in [5.41, 5.74) is 2.66. The molecule has 1 saturated carbocycles. The number of anilines is 1. The second-order valence-electron chi connectivity index (χ2n) is 11.6. The summed E-state index contributed by atoms with van der Waals surface area (Å²) in [4.78, 5) is 30.0. The van der Waals surface area contributed by atoms with Gasteiger partial charge in [0.1, 0.15) is 18.4 Å². The fourth-order valence-corrected chi connectivity index (χ4v) is 7.36. The number of rotatable bonds is 12. The number of benzene rings is 4. The van der Waals surface area contributed by atoms with E-state index >= 15 is 0 Å². The summed E-state index contributed by atoms with van der Waals surface area (Å²) < 4.78 is 44.0. The topological polar surface area (TPSA) is 86.8 Å². The first-order chi connectivity index (χ1) is 22.1. The second kappa shape index (κ2) is 15.0. The minimum Gasteiger partial charge on any atom is -0.352 e. The number of carbonyl (C=O) groups is 2. The summed E-state index contributed by atoms with van der Waals surface area (Å²) in [6, 6.07) is 27.3. The summed E-state index contributed by atoms with van der Waals surface area (Å²) >= 11 is 3.40. The molecule has 0 radical (unpaired) electrons. The Kier molecular flexibility index (Phi) is 10.9. The minimum absolute atomic E-state index is 0.00901. The first-order valence-corrected chi connectivity index (χ1v) is 17.6. The standard InChI is InChI=1S/C36H37BrFN3O4S/c1-26-11-21-33(22-12-26)46(44,45)41(32-19-15-29(37)16-20-32)25-35(42)40(24-28-13-17-30(38)18-14-28)34(23-27-7-3-2-4-8-27)36(43)39-31-9-5-6-10-31/h2-4,7-8,11-22,31,34H,5-6,9-10,23-25H2,1H3,(H,39,43)/t34-/m1/s1. The molecular weight excluding hydrogens is 669 g/mol. The molecule has 0 unspecified atom stereocenters. The molecule has 0 aliphatic heterocycles. The van der Waals surface area contributed by atoms with E-state index in [-0.39, 0.29) is 29.8 Å². The Hall–Kier alpha value is -4.02. The quantitative estimate of drug-likeness (QED) is 0.176. The van der Waals surface area contributed by atoms with Crippen LogP contribution in [0.4, 0.5) is 10.1 Å². The van der Waals surface area contributed by atoms with Gasteiger partial charge in [0.05, 0.1) is 10.6 Å². The van der Waals surface area contributed by atoms with Crippen LogP contribution in [0.3, 0.4) is 0 Å². The number of hydrogen-bond donors (Lipinski definition) is 1. The van der Waals surface area contributed by atoms with Crippen molar-refractivity contribution in [2.45, 2.75) is 62.6 Å². The summed E-state index contributed by atoms with van der Waals surface area (Å²) in [6.45, 7) is 1.29. The molecule has 0 aromatic heterocycles. The number of nitrogens with zero attached hydrogens (tertiary/aromatic N) is 2. The van der Waals surface area contributed by atoms with Gasteiger partial charge in [-0.25, -0.2) is 12.8 Å². The predicted molar refractivity (Wildman–Crippen MR) is 181 cm³/mol. The Morgan fingerprint density at radius 3 is 2.13 bits per heavy atom. The highest BCUT2D eigenvalue weighted by atomic mass is 79.9. The van der Waals surface area contributed by atoms with E-state index < -0.39 is 34.3 Å². The van der Waals surface area contributed by atoms with E-state index in [0.717, 1.165) is 45.6 Å². The van der Waals surface area contributed by atoms with Gasteiger partial charge in [-0.05, 0) is 79.4 Å². The van der Waals surface area contributed by atoms with Gasteiger partial charge in [-0.1, -0.05) is 88.9 Å². The normalized spacial score (nSPS) is 14.1. The van der Waals surface area contributed by atoms with E-state index in [1.165, 1.54) is 29.2 Å². The minimum atomic E-state index is -4.19. The van der Waals surface area contributed by atoms with Crippen LogP contribution in [0.1, 0.15) is 42.4 Å². The average molecular weight is 707 g/mol. The lowest BCUT2D eigenvalue weighted by Gasteiger charge is -2.34. The highest BCUT2D eigenvalue weighted by Gasteiger charge is 2.35. The van der Waals surface area contributed by atoms with Crippen LogP contribution in [0, 0.1) is 12.7 Å². The predicted octanol–water partition coefficient (Wildman–Crippen LogP) is 6.79. The van der Waals surface area contributed by atoms with Crippen LogP contribution >= 0.6 is 15.9 Å². The van der Waals surface area contributed by atoms with Gasteiger partial charge < -0.3 is 10.2 Å². The van der Waals surface area contributed by atoms with Crippen LogP contribution in [0.25, 0.3) is 0 Å². The van der Waals surface area contributed by atoms with Crippen molar-refractivity contribution in [3.05, 3.63) is 130 Å². The molecule has 1 N–H and O–H groups in total. The molecule has 1 aliphatic carbocycles. The number of sulfonamides is 1. The van der Waals surface area contributed by atoms with Crippen molar-refractivity contribution in [1.82, 2.24) is 10.2 Å². The first-order valence-electron chi connectivity index (χ1n) is 15.3. The summed E-state index contributed by atoms with van der Waals surface area (Å²) in [6.07, 6.45) is 3.98. The first kappa shape index (κ1) is 33.3. The third-order valence-corrected chi connectivity index (χ3v) is 10.6. The Morgan fingerprint density at radius 1 is 0.870 bits per heavy atom. The molecule has 0 bridgehead atoms. The van der Waals surface area contributed by atoms with E-state index in [0.29, 0.717) is 11.3 Å². The van der Waals surface area contributed by atoms with Crippen molar-refractivity contribution in [2.24, 2.45) is 0 Å². The van der Waals surface area contributed by atoms with Crippen molar-refractivity contribution >= 4 is 43.5 Å². The zero-order valence-electron chi connectivity index (χ0n) is 25.6. The van der Waals surface area contributed by atoms with Crippen LogP contribution in [0.5, 0.6) is 0 Å². The van der Waals surface area contributed by atoms with Gasteiger partial charge in [-0.3, -0.25) is 13.9 Å². The zero-order valence-corrected chi connectivity index (χ0v) is 28.0.